The van der Waals surface area contributed by atoms with Crippen molar-refractivity contribution in [3.63, 3.8) is 0 Å². The largest absolute Gasteiger partial charge is 0.356 e. The first-order chi connectivity index (χ1) is 8.75. The van der Waals surface area contributed by atoms with Gasteiger partial charge in [0.2, 0.25) is 0 Å². The minimum atomic E-state index is -0.349. The lowest BCUT2D eigenvalue weighted by Crippen LogP contribution is -2.35. The van der Waals surface area contributed by atoms with E-state index < -0.39 is 0 Å². The van der Waals surface area contributed by atoms with Gasteiger partial charge in [0, 0.05) is 11.1 Å². The molecule has 0 atom stereocenters. The maximum atomic E-state index is 12.8. The van der Waals surface area contributed by atoms with Crippen molar-refractivity contribution >= 4 is 22.2 Å². The molecular formula is C13H10FNO2S. The van der Waals surface area contributed by atoms with Crippen LogP contribution in [0.3, 0.4) is 0 Å². The van der Waals surface area contributed by atoms with Gasteiger partial charge in [0.15, 0.2) is 0 Å². The second-order valence-electron chi connectivity index (χ2n) is 3.97. The van der Waals surface area contributed by atoms with E-state index in [4.69, 9.17) is 4.74 Å². The molecule has 1 aromatic heterocycles. The van der Waals surface area contributed by atoms with Crippen LogP contribution in [0.25, 0.3) is 0 Å². The molecule has 0 N–H and O–H groups in total. The summed E-state index contributed by atoms with van der Waals surface area (Å²) in [5.74, 6) is -0.517. The molecule has 0 radical (unpaired) electrons. The fourth-order valence-electron chi connectivity index (χ4n) is 1.88. The Morgan fingerprint density at radius 2 is 2.06 bits per heavy atom. The molecule has 1 aliphatic rings. The summed E-state index contributed by atoms with van der Waals surface area (Å²) < 4.78 is 18.2. The van der Waals surface area contributed by atoms with Gasteiger partial charge in [-0.05, 0) is 35.7 Å². The quantitative estimate of drug-likeness (QED) is 0.791. The summed E-state index contributed by atoms with van der Waals surface area (Å²) in [6.45, 7) is 0.774. The number of hydrogen-bond acceptors (Lipinski definition) is 3. The molecule has 2 aromatic rings. The first kappa shape index (κ1) is 11.4. The summed E-state index contributed by atoms with van der Waals surface area (Å²) >= 11 is 1.51. The Morgan fingerprint density at radius 1 is 1.28 bits per heavy atom. The van der Waals surface area contributed by atoms with Crippen molar-refractivity contribution in [2.24, 2.45) is 0 Å². The number of anilines is 1. The van der Waals surface area contributed by atoms with Crippen LogP contribution in [0.15, 0.2) is 35.7 Å². The Morgan fingerprint density at radius 3 is 2.83 bits per heavy atom. The number of nitrogens with zero attached hydrogens (tertiary/aromatic N) is 1. The molecule has 3 rings (SSSR count). The van der Waals surface area contributed by atoms with Gasteiger partial charge >= 0.3 is 0 Å². The number of hydrogen-bond donors (Lipinski definition) is 0. The Balaban J connectivity index is 1.93. The zero-order valence-electron chi connectivity index (χ0n) is 9.43. The summed E-state index contributed by atoms with van der Waals surface area (Å²) in [5, 5.41) is 2.85. The second-order valence-corrected chi connectivity index (χ2v) is 4.86. The van der Waals surface area contributed by atoms with Crippen LogP contribution in [0.1, 0.15) is 15.9 Å². The molecule has 18 heavy (non-hydrogen) atoms. The number of carbonyl (C=O) groups is 1. The van der Waals surface area contributed by atoms with Crippen molar-refractivity contribution in [1.82, 2.24) is 0 Å². The molecule has 92 valence electrons. The van der Waals surface area contributed by atoms with Gasteiger partial charge in [0.05, 0.1) is 6.61 Å². The highest BCUT2D eigenvalue weighted by Crippen LogP contribution is 2.32. The first-order valence-electron chi connectivity index (χ1n) is 5.47. The molecule has 1 aromatic carbocycles. The minimum absolute atomic E-state index is 0.168. The van der Waals surface area contributed by atoms with Crippen LogP contribution in [0.5, 0.6) is 0 Å². The zero-order chi connectivity index (χ0) is 12.5. The lowest BCUT2D eigenvalue weighted by Gasteiger charge is -2.26. The molecule has 5 heteroatoms. The van der Waals surface area contributed by atoms with E-state index in [1.54, 1.807) is 4.90 Å². The lowest BCUT2D eigenvalue weighted by molar-refractivity contribution is 0.0817. The molecule has 1 amide bonds. The fraction of sp³-hybridized carbons (Fsp3) is 0.154. The van der Waals surface area contributed by atoms with E-state index in [-0.39, 0.29) is 18.5 Å². The number of halogens is 1. The molecule has 0 unspecified atom stereocenters. The van der Waals surface area contributed by atoms with E-state index in [1.807, 2.05) is 11.4 Å². The van der Waals surface area contributed by atoms with Crippen LogP contribution in [-0.4, -0.2) is 12.6 Å². The summed E-state index contributed by atoms with van der Waals surface area (Å²) in [4.78, 5) is 13.9. The summed E-state index contributed by atoms with van der Waals surface area (Å²) in [6, 6.07) is 7.49. The van der Waals surface area contributed by atoms with E-state index in [0.717, 1.165) is 10.6 Å². The maximum Gasteiger partial charge on any atom is 0.260 e. The van der Waals surface area contributed by atoms with Gasteiger partial charge in [0.1, 0.15) is 17.5 Å². The van der Waals surface area contributed by atoms with Crippen LogP contribution in [0.2, 0.25) is 0 Å². The number of fused-ring (bicyclic) bond motifs is 1. The predicted molar refractivity (Wildman–Crippen MR) is 67.2 cm³/mol. The van der Waals surface area contributed by atoms with Gasteiger partial charge in [-0.3, -0.25) is 9.69 Å². The third-order valence-corrected chi connectivity index (χ3v) is 3.76. The highest BCUT2D eigenvalue weighted by Gasteiger charge is 2.25. The molecule has 3 nitrogen and oxygen atoms in total. The topological polar surface area (TPSA) is 29.5 Å². The fourth-order valence-corrected chi connectivity index (χ4v) is 2.78. The average Bonchev–Trinajstić information content (AvgIpc) is 2.87. The van der Waals surface area contributed by atoms with Crippen molar-refractivity contribution in [3.8, 4) is 0 Å². The Labute approximate surface area is 107 Å². The molecule has 0 bridgehead atoms. The molecule has 0 fully saturated rings. The van der Waals surface area contributed by atoms with Gasteiger partial charge in [-0.25, -0.2) is 4.39 Å². The Hall–Kier alpha value is -1.72. The van der Waals surface area contributed by atoms with Crippen molar-refractivity contribution in [2.75, 3.05) is 11.6 Å². The SMILES string of the molecule is O=C(c1ccc(F)cc1)N1COCc2ccsc21. The predicted octanol–water partition coefficient (Wildman–Crippen LogP) is 3.02. The lowest BCUT2D eigenvalue weighted by atomic mass is 10.2. The molecule has 0 saturated heterocycles. The minimum Gasteiger partial charge on any atom is -0.356 e. The number of benzene rings is 1. The van der Waals surface area contributed by atoms with Gasteiger partial charge in [-0.2, -0.15) is 0 Å². The zero-order valence-corrected chi connectivity index (χ0v) is 10.2. The monoisotopic (exact) mass is 263 g/mol. The van der Waals surface area contributed by atoms with Gasteiger partial charge in [0.25, 0.3) is 5.91 Å². The van der Waals surface area contributed by atoms with Gasteiger partial charge < -0.3 is 4.74 Å². The normalized spacial score (nSPS) is 14.4. The Kier molecular flexibility index (Phi) is 2.85. The van der Waals surface area contributed by atoms with Crippen molar-refractivity contribution < 1.29 is 13.9 Å². The van der Waals surface area contributed by atoms with Crippen molar-refractivity contribution in [2.45, 2.75) is 6.61 Å². The van der Waals surface area contributed by atoms with Crippen LogP contribution < -0.4 is 4.90 Å². The number of carbonyl (C=O) groups excluding carboxylic acids is 1. The second kappa shape index (κ2) is 4.51. The van der Waals surface area contributed by atoms with Crippen LogP contribution >= 0.6 is 11.3 Å². The molecule has 0 saturated carbocycles. The first-order valence-corrected chi connectivity index (χ1v) is 6.35. The third kappa shape index (κ3) is 1.91. The molecule has 0 aliphatic carbocycles. The maximum absolute atomic E-state index is 12.8. The molecule has 1 aliphatic heterocycles. The van der Waals surface area contributed by atoms with E-state index in [9.17, 15) is 9.18 Å². The van der Waals surface area contributed by atoms with Crippen LogP contribution in [-0.2, 0) is 11.3 Å². The van der Waals surface area contributed by atoms with Crippen LogP contribution in [0, 0.1) is 5.82 Å². The van der Waals surface area contributed by atoms with Gasteiger partial charge in [-0.15, -0.1) is 11.3 Å². The summed E-state index contributed by atoms with van der Waals surface area (Å²) in [5.41, 5.74) is 1.47. The van der Waals surface area contributed by atoms with Crippen molar-refractivity contribution in [3.05, 3.63) is 52.7 Å². The summed E-state index contributed by atoms with van der Waals surface area (Å²) in [7, 11) is 0. The Bertz CT molecular complexity index is 579. The van der Waals surface area contributed by atoms with Crippen LogP contribution in [0.4, 0.5) is 9.39 Å². The standard InChI is InChI=1S/C13H10FNO2S/c14-11-3-1-9(2-4-11)12(16)15-8-17-7-10-5-6-18-13(10)15/h1-6H,7-8H2. The van der Waals surface area contributed by atoms with E-state index in [0.29, 0.717) is 12.2 Å². The summed E-state index contributed by atoms with van der Waals surface area (Å²) in [6.07, 6.45) is 0. The third-order valence-electron chi connectivity index (χ3n) is 2.78. The van der Waals surface area contributed by atoms with E-state index in [1.165, 1.54) is 35.6 Å². The molecular weight excluding hydrogens is 253 g/mol. The number of rotatable bonds is 1. The number of thiophene rings is 1. The van der Waals surface area contributed by atoms with Gasteiger partial charge in [-0.1, -0.05) is 0 Å². The molecule has 2 heterocycles. The highest BCUT2D eigenvalue weighted by molar-refractivity contribution is 7.14. The number of ether oxygens (including phenoxy) is 1. The van der Waals surface area contributed by atoms with E-state index >= 15 is 0 Å². The molecule has 0 spiro atoms. The highest BCUT2D eigenvalue weighted by atomic mass is 32.1. The van der Waals surface area contributed by atoms with Crippen molar-refractivity contribution in [1.29, 1.82) is 0 Å². The van der Waals surface area contributed by atoms with E-state index in [2.05, 4.69) is 0 Å². The number of amides is 1. The smallest absolute Gasteiger partial charge is 0.260 e. The average molecular weight is 263 g/mol.